The Morgan fingerprint density at radius 1 is 1.46 bits per heavy atom. The van der Waals surface area contributed by atoms with Gasteiger partial charge in [0.15, 0.2) is 0 Å². The maximum atomic E-state index is 12.1. The summed E-state index contributed by atoms with van der Waals surface area (Å²) >= 11 is 8.72. The number of fused-ring (bicyclic) bond motifs is 1. The quantitative estimate of drug-likeness (QED) is 0.478. The van der Waals surface area contributed by atoms with Crippen LogP contribution in [0.1, 0.15) is 24.5 Å². The summed E-state index contributed by atoms with van der Waals surface area (Å²) in [6.07, 6.45) is 5.14. The van der Waals surface area contributed by atoms with Crippen molar-refractivity contribution in [2.45, 2.75) is 19.8 Å². The van der Waals surface area contributed by atoms with Crippen LogP contribution in [0.2, 0.25) is 0 Å². The largest absolute Gasteiger partial charge is 0.480 e. The zero-order valence-electron chi connectivity index (χ0n) is 13.4. The van der Waals surface area contributed by atoms with E-state index < -0.39 is 18.4 Å². The zero-order chi connectivity index (χ0) is 17.7. The summed E-state index contributed by atoms with van der Waals surface area (Å²) in [5.41, 5.74) is 3.42. The second kappa shape index (κ2) is 8.30. The first-order valence-electron chi connectivity index (χ1n) is 7.74. The average molecular weight is 364 g/mol. The van der Waals surface area contributed by atoms with Crippen molar-refractivity contribution in [2.75, 3.05) is 24.5 Å². The normalized spacial score (nSPS) is 13.7. The Morgan fingerprint density at radius 3 is 2.83 bits per heavy atom. The first kappa shape index (κ1) is 18.5. The number of nitrogens with zero attached hydrogens (tertiary/aromatic N) is 2. The highest BCUT2D eigenvalue weighted by molar-refractivity contribution is 8.11. The van der Waals surface area contributed by atoms with Crippen molar-refractivity contribution in [1.82, 2.24) is 4.90 Å². The van der Waals surface area contributed by atoms with Gasteiger partial charge in [0.2, 0.25) is 0 Å². The monoisotopic (exact) mass is 364 g/mol. The SMILES string of the molecule is CCN1CCCc2cc(/C=C/C(=O)N(CC(=O)O)C(=S)S)ccc21. The van der Waals surface area contributed by atoms with Crippen LogP contribution in [0, 0.1) is 0 Å². The predicted molar refractivity (Wildman–Crippen MR) is 103 cm³/mol. The van der Waals surface area contributed by atoms with Gasteiger partial charge in [-0.1, -0.05) is 18.3 Å². The van der Waals surface area contributed by atoms with Gasteiger partial charge in [-0.25, -0.2) is 0 Å². The fraction of sp³-hybridized carbons (Fsp3) is 0.353. The summed E-state index contributed by atoms with van der Waals surface area (Å²) < 4.78 is -0.0592. The van der Waals surface area contributed by atoms with Gasteiger partial charge in [0, 0.05) is 24.9 Å². The van der Waals surface area contributed by atoms with Gasteiger partial charge in [0.25, 0.3) is 5.91 Å². The molecule has 0 aromatic heterocycles. The molecule has 1 N–H and O–H groups in total. The third kappa shape index (κ3) is 4.58. The second-order valence-electron chi connectivity index (χ2n) is 5.51. The lowest BCUT2D eigenvalue weighted by Crippen LogP contribution is -2.36. The molecule has 24 heavy (non-hydrogen) atoms. The van der Waals surface area contributed by atoms with E-state index in [2.05, 4.69) is 36.6 Å². The van der Waals surface area contributed by atoms with Crippen molar-refractivity contribution < 1.29 is 14.7 Å². The summed E-state index contributed by atoms with van der Waals surface area (Å²) in [6.45, 7) is 3.69. The Kier molecular flexibility index (Phi) is 6.39. The summed E-state index contributed by atoms with van der Waals surface area (Å²) in [5, 5.41) is 8.83. The Bertz CT molecular complexity index is 688. The molecule has 7 heteroatoms. The summed E-state index contributed by atoms with van der Waals surface area (Å²) in [5.74, 6) is -1.63. The van der Waals surface area contributed by atoms with E-state index >= 15 is 0 Å². The van der Waals surface area contributed by atoms with E-state index in [4.69, 9.17) is 17.3 Å². The Labute approximate surface area is 152 Å². The molecule has 0 radical (unpaired) electrons. The van der Waals surface area contributed by atoms with E-state index in [9.17, 15) is 9.59 Å². The number of hydrogen-bond donors (Lipinski definition) is 2. The lowest BCUT2D eigenvalue weighted by molar-refractivity contribution is -0.140. The van der Waals surface area contributed by atoms with Crippen LogP contribution in [0.3, 0.4) is 0 Å². The molecule has 0 saturated carbocycles. The predicted octanol–water partition coefficient (Wildman–Crippen LogP) is 2.60. The van der Waals surface area contributed by atoms with Gasteiger partial charge in [-0.3, -0.25) is 14.5 Å². The summed E-state index contributed by atoms with van der Waals surface area (Å²) in [6, 6.07) is 6.10. The molecule has 1 aliphatic rings. The number of benzene rings is 1. The minimum absolute atomic E-state index is 0.0592. The molecule has 0 saturated heterocycles. The van der Waals surface area contributed by atoms with E-state index in [1.54, 1.807) is 6.08 Å². The highest BCUT2D eigenvalue weighted by Crippen LogP contribution is 2.28. The van der Waals surface area contributed by atoms with E-state index in [1.807, 2.05) is 6.07 Å². The topological polar surface area (TPSA) is 60.9 Å². The van der Waals surface area contributed by atoms with Crippen LogP contribution < -0.4 is 4.90 Å². The van der Waals surface area contributed by atoms with Crippen LogP contribution in [0.25, 0.3) is 6.08 Å². The maximum Gasteiger partial charge on any atom is 0.323 e. The van der Waals surface area contributed by atoms with Gasteiger partial charge < -0.3 is 10.0 Å². The average Bonchev–Trinajstić information content (AvgIpc) is 2.56. The standard InChI is InChI=1S/C17H20N2O3S2/c1-2-18-9-3-4-13-10-12(5-7-14(13)18)6-8-15(20)19(17(23)24)11-16(21)22/h5-8,10H,2-4,9,11H2,1H3,(H,21,22)(H,23,24)/b8-6+. The highest BCUT2D eigenvalue weighted by Gasteiger charge is 2.17. The molecular weight excluding hydrogens is 344 g/mol. The number of hydrogen-bond acceptors (Lipinski definition) is 4. The Balaban J connectivity index is 2.15. The minimum atomic E-state index is -1.14. The van der Waals surface area contributed by atoms with Crippen LogP contribution >= 0.6 is 24.8 Å². The molecule has 0 fully saturated rings. The molecule has 1 aliphatic heterocycles. The first-order valence-corrected chi connectivity index (χ1v) is 8.60. The van der Waals surface area contributed by atoms with Gasteiger partial charge in [-0.2, -0.15) is 0 Å². The number of carboxylic acid groups (broad SMARTS) is 1. The van der Waals surface area contributed by atoms with Crippen molar-refractivity contribution >= 4 is 52.8 Å². The number of rotatable bonds is 5. The van der Waals surface area contributed by atoms with E-state index in [0.29, 0.717) is 0 Å². The molecule has 5 nitrogen and oxygen atoms in total. The number of carbonyl (C=O) groups is 2. The van der Waals surface area contributed by atoms with Gasteiger partial charge >= 0.3 is 5.97 Å². The van der Waals surface area contributed by atoms with Crippen LogP contribution in [-0.2, 0) is 16.0 Å². The van der Waals surface area contributed by atoms with Gasteiger partial charge in [0.1, 0.15) is 10.9 Å². The molecule has 2 rings (SSSR count). The van der Waals surface area contributed by atoms with Crippen molar-refractivity contribution in [3.05, 3.63) is 35.4 Å². The molecule has 1 heterocycles. The van der Waals surface area contributed by atoms with Crippen LogP contribution in [0.5, 0.6) is 0 Å². The number of thiol groups is 1. The van der Waals surface area contributed by atoms with Crippen molar-refractivity contribution in [2.24, 2.45) is 0 Å². The number of carboxylic acids is 1. The maximum absolute atomic E-state index is 12.1. The van der Waals surface area contributed by atoms with Gasteiger partial charge in [-0.05, 0) is 49.1 Å². The second-order valence-corrected chi connectivity index (χ2v) is 6.62. The lowest BCUT2D eigenvalue weighted by atomic mass is 9.99. The van der Waals surface area contributed by atoms with Gasteiger partial charge in [-0.15, -0.1) is 12.6 Å². The Hall–Kier alpha value is -1.86. The van der Waals surface area contributed by atoms with E-state index in [1.165, 1.54) is 17.3 Å². The number of thiocarbonyl (C=S) groups is 1. The van der Waals surface area contributed by atoms with E-state index in [0.717, 1.165) is 36.4 Å². The molecule has 128 valence electrons. The third-order valence-electron chi connectivity index (χ3n) is 3.91. The molecule has 0 bridgehead atoms. The van der Waals surface area contributed by atoms with Crippen molar-refractivity contribution in [3.63, 3.8) is 0 Å². The molecule has 1 aromatic carbocycles. The smallest absolute Gasteiger partial charge is 0.323 e. The van der Waals surface area contributed by atoms with Crippen molar-refractivity contribution in [1.29, 1.82) is 0 Å². The number of aliphatic carboxylic acids is 1. The third-order valence-corrected chi connectivity index (χ3v) is 4.37. The number of anilines is 1. The van der Waals surface area contributed by atoms with Crippen molar-refractivity contribution in [3.8, 4) is 0 Å². The Morgan fingerprint density at radius 2 is 2.21 bits per heavy atom. The molecule has 1 aromatic rings. The highest BCUT2D eigenvalue weighted by atomic mass is 32.1. The fourth-order valence-corrected chi connectivity index (χ4v) is 3.08. The number of aryl methyl sites for hydroxylation is 1. The molecule has 0 aliphatic carbocycles. The molecule has 0 spiro atoms. The number of amides is 1. The first-order chi connectivity index (χ1) is 11.4. The minimum Gasteiger partial charge on any atom is -0.480 e. The molecular formula is C17H20N2O3S2. The van der Waals surface area contributed by atoms with Crippen LogP contribution in [0.15, 0.2) is 24.3 Å². The van der Waals surface area contributed by atoms with Gasteiger partial charge in [0.05, 0.1) is 0 Å². The van der Waals surface area contributed by atoms with E-state index in [-0.39, 0.29) is 4.32 Å². The molecule has 0 atom stereocenters. The van der Waals surface area contributed by atoms with Crippen LogP contribution in [0.4, 0.5) is 5.69 Å². The number of carbonyl (C=O) groups excluding carboxylic acids is 1. The summed E-state index contributed by atoms with van der Waals surface area (Å²) in [4.78, 5) is 26.2. The molecule has 0 unspecified atom stereocenters. The zero-order valence-corrected chi connectivity index (χ0v) is 15.1. The summed E-state index contributed by atoms with van der Waals surface area (Å²) in [7, 11) is 0. The fourth-order valence-electron chi connectivity index (χ4n) is 2.76. The lowest BCUT2D eigenvalue weighted by Gasteiger charge is -2.30. The molecule has 1 amide bonds. The van der Waals surface area contributed by atoms with Crippen LogP contribution in [-0.4, -0.2) is 45.8 Å².